The third-order valence-electron chi connectivity index (χ3n) is 2.67. The van der Waals surface area contributed by atoms with Gasteiger partial charge in [0.25, 0.3) is 11.6 Å². The molecule has 0 aliphatic heterocycles. The second-order valence-corrected chi connectivity index (χ2v) is 5.50. The van der Waals surface area contributed by atoms with E-state index in [0.29, 0.717) is 5.69 Å². The van der Waals surface area contributed by atoms with Gasteiger partial charge in [-0.25, -0.2) is 4.98 Å². The number of thiazole rings is 1. The molecule has 1 heterocycles. The van der Waals surface area contributed by atoms with Crippen LogP contribution < -0.4 is 16.6 Å². The Morgan fingerprint density at radius 1 is 1.52 bits per heavy atom. The summed E-state index contributed by atoms with van der Waals surface area (Å²) < 4.78 is 0. The van der Waals surface area contributed by atoms with Crippen LogP contribution in [0.2, 0.25) is 0 Å². The van der Waals surface area contributed by atoms with E-state index in [1.165, 1.54) is 29.5 Å². The number of nitrogens with one attached hydrogen (secondary N) is 2. The molecule has 0 aliphatic rings. The second-order valence-electron chi connectivity index (χ2n) is 4.18. The van der Waals surface area contributed by atoms with Gasteiger partial charge in [-0.3, -0.25) is 20.8 Å². The van der Waals surface area contributed by atoms with Gasteiger partial charge in [-0.1, -0.05) is 0 Å². The summed E-state index contributed by atoms with van der Waals surface area (Å²) >= 11 is 1.45. The summed E-state index contributed by atoms with van der Waals surface area (Å²) in [5.74, 6) is 4.70. The molecule has 8 nitrogen and oxygen atoms in total. The Morgan fingerprint density at radius 3 is 2.86 bits per heavy atom. The lowest BCUT2D eigenvalue weighted by Crippen LogP contribution is -2.24. The van der Waals surface area contributed by atoms with Crippen molar-refractivity contribution in [2.24, 2.45) is 5.84 Å². The molecule has 9 heteroatoms. The highest BCUT2D eigenvalue weighted by atomic mass is 32.1. The zero-order valence-corrected chi connectivity index (χ0v) is 11.9. The molecule has 0 saturated carbocycles. The van der Waals surface area contributed by atoms with Crippen LogP contribution in [0, 0.1) is 17.0 Å². The molecule has 1 amide bonds. The van der Waals surface area contributed by atoms with Crippen molar-refractivity contribution < 1.29 is 9.72 Å². The summed E-state index contributed by atoms with van der Waals surface area (Å²) in [4.78, 5) is 27.6. The van der Waals surface area contributed by atoms with Crippen LogP contribution in [0.3, 0.4) is 0 Å². The quantitative estimate of drug-likeness (QED) is 0.438. The molecule has 0 bridgehead atoms. The third kappa shape index (κ3) is 3.52. The molecular weight excluding hydrogens is 294 g/mol. The molecule has 0 unspecified atom stereocenters. The minimum atomic E-state index is -0.608. The fraction of sp³-hybridized carbons (Fsp3) is 0.167. The fourth-order valence-corrected chi connectivity index (χ4v) is 2.43. The van der Waals surface area contributed by atoms with Crippen LogP contribution in [-0.2, 0) is 6.54 Å². The summed E-state index contributed by atoms with van der Waals surface area (Å²) in [6.07, 6.45) is 1.70. The van der Waals surface area contributed by atoms with E-state index in [4.69, 9.17) is 5.84 Å². The molecule has 0 fully saturated rings. The minimum absolute atomic E-state index is 0.0521. The number of benzene rings is 1. The van der Waals surface area contributed by atoms with Crippen LogP contribution in [0.1, 0.15) is 20.2 Å². The van der Waals surface area contributed by atoms with Crippen molar-refractivity contribution in [1.29, 1.82) is 0 Å². The molecule has 4 N–H and O–H groups in total. The van der Waals surface area contributed by atoms with Crippen molar-refractivity contribution >= 4 is 28.6 Å². The van der Waals surface area contributed by atoms with Crippen LogP contribution in [-0.4, -0.2) is 15.8 Å². The largest absolute Gasteiger partial charge is 0.345 e. The van der Waals surface area contributed by atoms with Gasteiger partial charge in [0.1, 0.15) is 10.6 Å². The number of nitrogens with two attached hydrogens (primary N) is 1. The SMILES string of the molecule is Cc1cnc(CNC(=O)c2cc(NN)ccc2[N+](=O)[O-])s1. The number of aromatic nitrogens is 1. The van der Waals surface area contributed by atoms with Gasteiger partial charge >= 0.3 is 0 Å². The predicted molar refractivity (Wildman–Crippen MR) is 78.9 cm³/mol. The highest BCUT2D eigenvalue weighted by Crippen LogP contribution is 2.22. The van der Waals surface area contributed by atoms with E-state index in [9.17, 15) is 14.9 Å². The molecule has 1 aromatic carbocycles. The molecule has 2 aromatic rings. The lowest BCUT2D eigenvalue weighted by Gasteiger charge is -2.06. The van der Waals surface area contributed by atoms with Crippen LogP contribution >= 0.6 is 11.3 Å². The number of aryl methyl sites for hydroxylation is 1. The van der Waals surface area contributed by atoms with Crippen molar-refractivity contribution in [2.45, 2.75) is 13.5 Å². The number of hydrogen-bond donors (Lipinski definition) is 3. The molecule has 0 spiro atoms. The maximum atomic E-state index is 12.1. The number of amides is 1. The molecular formula is C12H13N5O3S. The number of rotatable bonds is 5. The van der Waals surface area contributed by atoms with Gasteiger partial charge in [-0.05, 0) is 19.1 Å². The van der Waals surface area contributed by atoms with Gasteiger partial charge < -0.3 is 10.7 Å². The molecule has 0 aliphatic carbocycles. The Kier molecular flexibility index (Phi) is 4.45. The van der Waals surface area contributed by atoms with Gasteiger partial charge in [0.05, 0.1) is 11.5 Å². The van der Waals surface area contributed by atoms with Gasteiger partial charge in [-0.15, -0.1) is 11.3 Å². The third-order valence-corrected chi connectivity index (χ3v) is 3.59. The number of nitrogen functional groups attached to an aromatic ring is 1. The minimum Gasteiger partial charge on any atom is -0.345 e. The smallest absolute Gasteiger partial charge is 0.282 e. The number of hydrogen-bond acceptors (Lipinski definition) is 7. The average molecular weight is 307 g/mol. The first-order chi connectivity index (χ1) is 10.0. The fourth-order valence-electron chi connectivity index (χ4n) is 1.70. The number of anilines is 1. The number of hydrazine groups is 1. The number of carbonyl (C=O) groups is 1. The topological polar surface area (TPSA) is 123 Å². The molecule has 1 aromatic heterocycles. The molecule has 0 radical (unpaired) electrons. The lowest BCUT2D eigenvalue weighted by atomic mass is 10.1. The second kappa shape index (κ2) is 6.29. The van der Waals surface area contributed by atoms with Gasteiger partial charge in [0, 0.05) is 22.8 Å². The van der Waals surface area contributed by atoms with Crippen molar-refractivity contribution in [3.8, 4) is 0 Å². The molecule has 0 saturated heterocycles. The number of carbonyl (C=O) groups excluding carboxylic acids is 1. The zero-order chi connectivity index (χ0) is 15.4. The van der Waals surface area contributed by atoms with E-state index < -0.39 is 10.8 Å². The van der Waals surface area contributed by atoms with Gasteiger partial charge in [0.2, 0.25) is 0 Å². The van der Waals surface area contributed by atoms with E-state index in [1.807, 2.05) is 6.92 Å². The van der Waals surface area contributed by atoms with Gasteiger partial charge in [-0.2, -0.15) is 0 Å². The summed E-state index contributed by atoms with van der Waals surface area (Å²) in [6.45, 7) is 2.12. The van der Waals surface area contributed by atoms with E-state index in [-0.39, 0.29) is 17.8 Å². The predicted octanol–water partition coefficient (Wildman–Crippen LogP) is 1.58. The van der Waals surface area contributed by atoms with Crippen LogP contribution in [0.5, 0.6) is 0 Å². The molecule has 21 heavy (non-hydrogen) atoms. The number of nitro groups is 1. The van der Waals surface area contributed by atoms with Gasteiger partial charge in [0.15, 0.2) is 0 Å². The highest BCUT2D eigenvalue weighted by Gasteiger charge is 2.20. The highest BCUT2D eigenvalue weighted by molar-refractivity contribution is 7.11. The molecule has 2 rings (SSSR count). The van der Waals surface area contributed by atoms with E-state index in [1.54, 1.807) is 6.20 Å². The van der Waals surface area contributed by atoms with Crippen molar-refractivity contribution in [3.63, 3.8) is 0 Å². The molecule has 110 valence electrons. The Balaban J connectivity index is 2.19. The summed E-state index contributed by atoms with van der Waals surface area (Å²) in [7, 11) is 0. The van der Waals surface area contributed by atoms with E-state index in [0.717, 1.165) is 9.88 Å². The first-order valence-corrected chi connectivity index (χ1v) is 6.77. The molecule has 0 atom stereocenters. The maximum Gasteiger partial charge on any atom is 0.282 e. The Hall–Kier alpha value is -2.52. The van der Waals surface area contributed by atoms with E-state index in [2.05, 4.69) is 15.7 Å². The Labute approximate surface area is 124 Å². The lowest BCUT2D eigenvalue weighted by molar-refractivity contribution is -0.385. The van der Waals surface area contributed by atoms with Crippen molar-refractivity contribution in [2.75, 3.05) is 5.43 Å². The average Bonchev–Trinajstić information content (AvgIpc) is 2.89. The monoisotopic (exact) mass is 307 g/mol. The Bertz CT molecular complexity index is 685. The van der Waals surface area contributed by atoms with Crippen LogP contribution in [0.15, 0.2) is 24.4 Å². The maximum absolute atomic E-state index is 12.1. The van der Waals surface area contributed by atoms with Crippen molar-refractivity contribution in [3.05, 3.63) is 50.0 Å². The zero-order valence-electron chi connectivity index (χ0n) is 11.1. The summed E-state index contributed by atoms with van der Waals surface area (Å²) in [6, 6.07) is 4.00. The Morgan fingerprint density at radius 2 is 2.29 bits per heavy atom. The van der Waals surface area contributed by atoms with Crippen molar-refractivity contribution in [1.82, 2.24) is 10.3 Å². The summed E-state index contributed by atoms with van der Waals surface area (Å²) in [5.41, 5.74) is 2.44. The van der Waals surface area contributed by atoms with Crippen LogP contribution in [0.4, 0.5) is 11.4 Å². The number of nitro benzene ring substituents is 1. The summed E-state index contributed by atoms with van der Waals surface area (Å²) in [5, 5.41) is 14.3. The first-order valence-electron chi connectivity index (χ1n) is 5.96. The normalized spacial score (nSPS) is 10.2. The standard InChI is InChI=1S/C12H13N5O3S/c1-7-5-14-11(21-7)6-15-12(18)9-4-8(16-13)2-3-10(9)17(19)20/h2-5,16H,6,13H2,1H3,(H,15,18). The first kappa shape index (κ1) is 14.9. The van der Waals surface area contributed by atoms with Crippen LogP contribution in [0.25, 0.3) is 0 Å². The number of nitrogens with zero attached hydrogens (tertiary/aromatic N) is 2. The van der Waals surface area contributed by atoms with E-state index >= 15 is 0 Å².